The largest absolute Gasteiger partial charge is 0.355 e. The first kappa shape index (κ1) is 10.9. The fourth-order valence-corrected chi connectivity index (χ4v) is 2.55. The van der Waals surface area contributed by atoms with Gasteiger partial charge in [0.05, 0.1) is 22.0 Å². The van der Waals surface area contributed by atoms with Crippen molar-refractivity contribution in [2.45, 2.75) is 0 Å². The van der Waals surface area contributed by atoms with Crippen molar-refractivity contribution < 1.29 is 4.79 Å². The summed E-state index contributed by atoms with van der Waals surface area (Å²) >= 11 is 1.54. The fourth-order valence-electron chi connectivity index (χ4n) is 1.65. The summed E-state index contributed by atoms with van der Waals surface area (Å²) in [7, 11) is 1.59. The summed E-state index contributed by atoms with van der Waals surface area (Å²) in [5, 5.41) is 7.47. The summed E-state index contributed by atoms with van der Waals surface area (Å²) in [5.41, 5.74) is 1.46. The SMILES string of the molecule is CNC(=O)c1cnn(-c2nc3ccccc3s2)c1. The topological polar surface area (TPSA) is 59.8 Å². The zero-order valence-electron chi connectivity index (χ0n) is 9.62. The van der Waals surface area contributed by atoms with Crippen LogP contribution >= 0.6 is 11.3 Å². The Morgan fingerprint density at radius 1 is 1.39 bits per heavy atom. The van der Waals surface area contributed by atoms with Crippen LogP contribution in [0.15, 0.2) is 36.7 Å². The fraction of sp³-hybridized carbons (Fsp3) is 0.0833. The molecule has 0 atom stereocenters. The average Bonchev–Trinajstić information content (AvgIpc) is 3.03. The molecule has 90 valence electrons. The minimum atomic E-state index is -0.151. The van der Waals surface area contributed by atoms with Crippen LogP contribution in [0.4, 0.5) is 0 Å². The van der Waals surface area contributed by atoms with Gasteiger partial charge in [-0.05, 0) is 12.1 Å². The summed E-state index contributed by atoms with van der Waals surface area (Å²) in [4.78, 5) is 15.9. The van der Waals surface area contributed by atoms with Crippen LogP contribution in [0.3, 0.4) is 0 Å². The van der Waals surface area contributed by atoms with Crippen LogP contribution in [0, 0.1) is 0 Å². The van der Waals surface area contributed by atoms with E-state index >= 15 is 0 Å². The van der Waals surface area contributed by atoms with Gasteiger partial charge in [-0.3, -0.25) is 4.79 Å². The van der Waals surface area contributed by atoms with Gasteiger partial charge in [-0.15, -0.1) is 0 Å². The van der Waals surface area contributed by atoms with Crippen LogP contribution in [0.25, 0.3) is 15.3 Å². The lowest BCUT2D eigenvalue weighted by Crippen LogP contribution is -2.16. The van der Waals surface area contributed by atoms with Crippen molar-refractivity contribution in [3.05, 3.63) is 42.2 Å². The van der Waals surface area contributed by atoms with Crippen molar-refractivity contribution in [1.82, 2.24) is 20.1 Å². The minimum absolute atomic E-state index is 0.151. The van der Waals surface area contributed by atoms with E-state index in [2.05, 4.69) is 15.4 Å². The number of carbonyl (C=O) groups is 1. The van der Waals surface area contributed by atoms with E-state index in [4.69, 9.17) is 0 Å². The number of benzene rings is 1. The van der Waals surface area contributed by atoms with Crippen LogP contribution in [0.1, 0.15) is 10.4 Å². The number of hydrogen-bond donors (Lipinski definition) is 1. The van der Waals surface area contributed by atoms with E-state index in [1.54, 1.807) is 29.3 Å². The van der Waals surface area contributed by atoms with Gasteiger partial charge in [0.25, 0.3) is 5.91 Å². The molecule has 0 aliphatic heterocycles. The highest BCUT2D eigenvalue weighted by molar-refractivity contribution is 7.20. The third-order valence-corrected chi connectivity index (χ3v) is 3.58. The Kier molecular flexibility index (Phi) is 2.56. The quantitative estimate of drug-likeness (QED) is 0.763. The minimum Gasteiger partial charge on any atom is -0.355 e. The highest BCUT2D eigenvalue weighted by Gasteiger charge is 2.10. The molecule has 1 aromatic carbocycles. The Labute approximate surface area is 107 Å². The van der Waals surface area contributed by atoms with E-state index in [1.165, 1.54) is 6.20 Å². The van der Waals surface area contributed by atoms with Gasteiger partial charge >= 0.3 is 0 Å². The molecule has 1 N–H and O–H groups in total. The first-order chi connectivity index (χ1) is 8.78. The van der Waals surface area contributed by atoms with Crippen molar-refractivity contribution >= 4 is 27.5 Å². The number of aromatic nitrogens is 3. The summed E-state index contributed by atoms with van der Waals surface area (Å²) < 4.78 is 2.72. The molecule has 5 nitrogen and oxygen atoms in total. The third kappa shape index (κ3) is 1.76. The lowest BCUT2D eigenvalue weighted by Gasteiger charge is -1.93. The molecule has 2 heterocycles. The number of nitrogens with one attached hydrogen (secondary N) is 1. The molecule has 0 bridgehead atoms. The van der Waals surface area contributed by atoms with E-state index in [0.29, 0.717) is 5.56 Å². The lowest BCUT2D eigenvalue weighted by atomic mass is 10.3. The third-order valence-electron chi connectivity index (χ3n) is 2.55. The Morgan fingerprint density at radius 3 is 3.00 bits per heavy atom. The molecule has 18 heavy (non-hydrogen) atoms. The Bertz CT molecular complexity index is 683. The number of rotatable bonds is 2. The monoisotopic (exact) mass is 258 g/mol. The molecule has 0 spiro atoms. The molecular weight excluding hydrogens is 248 g/mol. The second-order valence-corrected chi connectivity index (χ2v) is 4.73. The molecule has 0 unspecified atom stereocenters. The van der Waals surface area contributed by atoms with Gasteiger partial charge in [0.2, 0.25) is 5.13 Å². The van der Waals surface area contributed by atoms with E-state index < -0.39 is 0 Å². The predicted molar refractivity (Wildman–Crippen MR) is 70.1 cm³/mol. The van der Waals surface area contributed by atoms with Gasteiger partial charge < -0.3 is 5.32 Å². The lowest BCUT2D eigenvalue weighted by molar-refractivity contribution is 0.0963. The molecule has 2 aromatic heterocycles. The van der Waals surface area contributed by atoms with Crippen LogP contribution in [0.2, 0.25) is 0 Å². The molecule has 0 radical (unpaired) electrons. The molecule has 0 aliphatic carbocycles. The van der Waals surface area contributed by atoms with Crippen molar-refractivity contribution in [2.75, 3.05) is 7.05 Å². The van der Waals surface area contributed by atoms with Crippen LogP contribution < -0.4 is 5.32 Å². The van der Waals surface area contributed by atoms with Gasteiger partial charge in [-0.2, -0.15) is 5.10 Å². The zero-order valence-corrected chi connectivity index (χ0v) is 10.4. The van der Waals surface area contributed by atoms with Crippen molar-refractivity contribution in [2.24, 2.45) is 0 Å². The number of carbonyl (C=O) groups excluding carboxylic acids is 1. The average molecular weight is 258 g/mol. The number of hydrogen-bond acceptors (Lipinski definition) is 4. The smallest absolute Gasteiger partial charge is 0.254 e. The Hall–Kier alpha value is -2.21. The van der Waals surface area contributed by atoms with E-state index in [-0.39, 0.29) is 5.91 Å². The number of nitrogens with zero attached hydrogens (tertiary/aromatic N) is 3. The molecule has 3 rings (SSSR count). The van der Waals surface area contributed by atoms with E-state index in [9.17, 15) is 4.79 Å². The standard InChI is InChI=1S/C12H10N4OS/c1-13-11(17)8-6-14-16(7-8)12-15-9-4-2-3-5-10(9)18-12/h2-7H,1H3,(H,13,17). The van der Waals surface area contributed by atoms with Crippen LogP contribution in [-0.2, 0) is 0 Å². The number of thiazole rings is 1. The zero-order chi connectivity index (χ0) is 12.5. The number of fused-ring (bicyclic) bond motifs is 1. The Balaban J connectivity index is 2.03. The second kappa shape index (κ2) is 4.23. The molecule has 1 amide bonds. The summed E-state index contributed by atoms with van der Waals surface area (Å²) in [5.74, 6) is -0.151. The number of para-hydroxylation sites is 1. The molecule has 0 fully saturated rings. The molecule has 6 heteroatoms. The first-order valence-corrected chi connectivity index (χ1v) is 6.22. The molecule has 0 saturated carbocycles. The predicted octanol–water partition coefficient (Wildman–Crippen LogP) is 1.84. The van der Waals surface area contributed by atoms with Gasteiger partial charge in [0.15, 0.2) is 0 Å². The second-order valence-electron chi connectivity index (χ2n) is 3.72. The highest BCUT2D eigenvalue weighted by atomic mass is 32.1. The van der Waals surface area contributed by atoms with Gasteiger partial charge in [-0.1, -0.05) is 23.5 Å². The normalized spacial score (nSPS) is 10.7. The van der Waals surface area contributed by atoms with Crippen LogP contribution in [-0.4, -0.2) is 27.7 Å². The maximum absolute atomic E-state index is 11.4. The molecule has 0 aliphatic rings. The summed E-state index contributed by atoms with van der Waals surface area (Å²) in [6, 6.07) is 7.90. The Morgan fingerprint density at radius 2 is 2.22 bits per heavy atom. The maximum Gasteiger partial charge on any atom is 0.254 e. The summed E-state index contributed by atoms with van der Waals surface area (Å²) in [6.45, 7) is 0. The highest BCUT2D eigenvalue weighted by Crippen LogP contribution is 2.24. The molecular formula is C12H10N4OS. The first-order valence-electron chi connectivity index (χ1n) is 5.40. The van der Waals surface area contributed by atoms with Crippen molar-refractivity contribution in [1.29, 1.82) is 0 Å². The van der Waals surface area contributed by atoms with Crippen molar-refractivity contribution in [3.8, 4) is 5.13 Å². The van der Waals surface area contributed by atoms with Gasteiger partial charge in [-0.25, -0.2) is 9.67 Å². The number of amides is 1. The van der Waals surface area contributed by atoms with Crippen LogP contribution in [0.5, 0.6) is 0 Å². The van der Waals surface area contributed by atoms with Crippen molar-refractivity contribution in [3.63, 3.8) is 0 Å². The van der Waals surface area contributed by atoms with Gasteiger partial charge in [0.1, 0.15) is 0 Å². The van der Waals surface area contributed by atoms with E-state index in [1.807, 2.05) is 24.3 Å². The molecule has 0 saturated heterocycles. The van der Waals surface area contributed by atoms with E-state index in [0.717, 1.165) is 15.3 Å². The molecule has 3 aromatic rings. The summed E-state index contributed by atoms with van der Waals surface area (Å²) in [6.07, 6.45) is 3.21. The maximum atomic E-state index is 11.4. The van der Waals surface area contributed by atoms with Gasteiger partial charge in [0, 0.05) is 13.2 Å².